The lowest BCUT2D eigenvalue weighted by Gasteiger charge is -2.11. The summed E-state index contributed by atoms with van der Waals surface area (Å²) in [5.41, 5.74) is 1.05. The fourth-order valence-corrected chi connectivity index (χ4v) is 1.92. The molecule has 0 spiro atoms. The van der Waals surface area contributed by atoms with Gasteiger partial charge in [-0.3, -0.25) is 4.79 Å². The molecule has 4 nitrogen and oxygen atoms in total. The molecule has 1 aromatic carbocycles. The van der Waals surface area contributed by atoms with Crippen molar-refractivity contribution in [2.75, 3.05) is 12.4 Å². The van der Waals surface area contributed by atoms with Gasteiger partial charge in [-0.05, 0) is 31.0 Å². The molecule has 1 aliphatic carbocycles. The Bertz CT molecular complexity index is 486. The molecule has 4 heteroatoms. The minimum Gasteiger partial charge on any atom is -0.465 e. The highest BCUT2D eigenvalue weighted by atomic mass is 16.5. The summed E-state index contributed by atoms with van der Waals surface area (Å²) in [6, 6.07) is 6.74. The molecule has 1 N–H and O–H groups in total. The summed E-state index contributed by atoms with van der Waals surface area (Å²) in [4.78, 5) is 23.3. The third-order valence-corrected chi connectivity index (χ3v) is 2.93. The van der Waals surface area contributed by atoms with Crippen LogP contribution in [-0.2, 0) is 9.53 Å². The van der Waals surface area contributed by atoms with Crippen LogP contribution in [0.25, 0.3) is 0 Å². The van der Waals surface area contributed by atoms with Crippen LogP contribution in [-0.4, -0.2) is 19.0 Å². The lowest BCUT2D eigenvalue weighted by Crippen LogP contribution is -2.20. The molecule has 0 radical (unpaired) electrons. The molecule has 0 heterocycles. The first kappa shape index (κ1) is 12.4. The highest BCUT2D eigenvalue weighted by molar-refractivity contribution is 5.95. The maximum absolute atomic E-state index is 11.9. The second-order valence-corrected chi connectivity index (χ2v) is 4.20. The van der Waals surface area contributed by atoms with Crippen LogP contribution in [0, 0.1) is 5.92 Å². The van der Waals surface area contributed by atoms with Crippen molar-refractivity contribution in [2.24, 2.45) is 5.92 Å². The number of amides is 1. The van der Waals surface area contributed by atoms with E-state index in [0.29, 0.717) is 11.3 Å². The van der Waals surface area contributed by atoms with Crippen molar-refractivity contribution in [1.82, 2.24) is 0 Å². The van der Waals surface area contributed by atoms with E-state index in [2.05, 4.69) is 10.1 Å². The molecule has 0 saturated heterocycles. The summed E-state index contributed by atoms with van der Waals surface area (Å²) in [6.45, 7) is 0. The van der Waals surface area contributed by atoms with E-state index < -0.39 is 5.97 Å². The van der Waals surface area contributed by atoms with Gasteiger partial charge in [-0.15, -0.1) is 0 Å². The summed E-state index contributed by atoms with van der Waals surface area (Å²) in [7, 11) is 1.33. The Morgan fingerprint density at radius 3 is 2.67 bits per heavy atom. The number of hydrogen-bond donors (Lipinski definition) is 1. The van der Waals surface area contributed by atoms with E-state index in [1.54, 1.807) is 24.3 Å². The van der Waals surface area contributed by atoms with Gasteiger partial charge in [0, 0.05) is 11.6 Å². The number of esters is 1. The molecular weight excluding hydrogens is 230 g/mol. The first-order chi connectivity index (χ1) is 8.70. The summed E-state index contributed by atoms with van der Waals surface area (Å²) >= 11 is 0. The van der Waals surface area contributed by atoms with Gasteiger partial charge in [0.2, 0.25) is 5.91 Å². The molecule has 1 aromatic rings. The van der Waals surface area contributed by atoms with Gasteiger partial charge >= 0.3 is 5.97 Å². The summed E-state index contributed by atoms with van der Waals surface area (Å²) in [6.07, 6.45) is 5.58. The van der Waals surface area contributed by atoms with Gasteiger partial charge in [-0.25, -0.2) is 4.79 Å². The van der Waals surface area contributed by atoms with Crippen molar-refractivity contribution in [3.05, 3.63) is 42.0 Å². The van der Waals surface area contributed by atoms with Crippen LogP contribution >= 0.6 is 0 Å². The van der Waals surface area contributed by atoms with E-state index in [1.165, 1.54) is 7.11 Å². The van der Waals surface area contributed by atoms with Gasteiger partial charge in [-0.1, -0.05) is 18.2 Å². The summed E-state index contributed by atoms with van der Waals surface area (Å²) in [5, 5.41) is 2.82. The Kier molecular flexibility index (Phi) is 3.77. The third kappa shape index (κ3) is 2.77. The monoisotopic (exact) mass is 245 g/mol. The number of methoxy groups -OCH3 is 1. The molecule has 0 aliphatic heterocycles. The average molecular weight is 245 g/mol. The van der Waals surface area contributed by atoms with E-state index in [4.69, 9.17) is 0 Å². The molecule has 0 unspecified atom stereocenters. The minimum atomic E-state index is -0.409. The lowest BCUT2D eigenvalue weighted by molar-refractivity contribution is -0.119. The van der Waals surface area contributed by atoms with Crippen LogP contribution in [0.5, 0.6) is 0 Å². The zero-order valence-corrected chi connectivity index (χ0v) is 10.2. The van der Waals surface area contributed by atoms with E-state index in [0.717, 1.165) is 12.8 Å². The van der Waals surface area contributed by atoms with Crippen molar-refractivity contribution in [3.8, 4) is 0 Å². The fourth-order valence-electron chi connectivity index (χ4n) is 1.92. The second-order valence-electron chi connectivity index (χ2n) is 4.20. The van der Waals surface area contributed by atoms with Crippen molar-refractivity contribution in [2.45, 2.75) is 12.8 Å². The highest BCUT2D eigenvalue weighted by Crippen LogP contribution is 2.20. The van der Waals surface area contributed by atoms with E-state index in [1.807, 2.05) is 12.2 Å². The van der Waals surface area contributed by atoms with Crippen molar-refractivity contribution >= 4 is 17.6 Å². The van der Waals surface area contributed by atoms with E-state index in [-0.39, 0.29) is 11.8 Å². The summed E-state index contributed by atoms with van der Waals surface area (Å²) in [5.74, 6) is -0.414. The van der Waals surface area contributed by atoms with E-state index >= 15 is 0 Å². The maximum Gasteiger partial charge on any atom is 0.337 e. The topological polar surface area (TPSA) is 55.4 Å². The molecule has 2 rings (SSSR count). The van der Waals surface area contributed by atoms with Gasteiger partial charge in [0.05, 0.1) is 12.7 Å². The molecule has 0 saturated carbocycles. The Morgan fingerprint density at radius 2 is 2.00 bits per heavy atom. The SMILES string of the molecule is COC(=O)c1cccc(NC(=O)C2CC=CC2)c1. The minimum absolute atomic E-state index is 0.00628. The van der Waals surface area contributed by atoms with Crippen LogP contribution in [0.2, 0.25) is 0 Å². The fraction of sp³-hybridized carbons (Fsp3) is 0.286. The van der Waals surface area contributed by atoms with E-state index in [9.17, 15) is 9.59 Å². The molecule has 0 fully saturated rings. The van der Waals surface area contributed by atoms with Crippen molar-refractivity contribution in [3.63, 3.8) is 0 Å². The Labute approximate surface area is 106 Å². The number of carbonyl (C=O) groups is 2. The van der Waals surface area contributed by atoms with Crippen LogP contribution in [0.3, 0.4) is 0 Å². The van der Waals surface area contributed by atoms with Gasteiger partial charge in [0.1, 0.15) is 0 Å². The number of anilines is 1. The number of ether oxygens (including phenoxy) is 1. The zero-order chi connectivity index (χ0) is 13.0. The molecule has 0 atom stereocenters. The Morgan fingerprint density at radius 1 is 1.28 bits per heavy atom. The lowest BCUT2D eigenvalue weighted by atomic mass is 10.1. The number of hydrogen-bond acceptors (Lipinski definition) is 3. The largest absolute Gasteiger partial charge is 0.465 e. The number of carbonyl (C=O) groups excluding carboxylic acids is 2. The molecule has 0 bridgehead atoms. The summed E-state index contributed by atoms with van der Waals surface area (Å²) < 4.78 is 4.63. The van der Waals surface area contributed by atoms with Gasteiger partial charge in [0.15, 0.2) is 0 Å². The second kappa shape index (κ2) is 5.49. The first-order valence-electron chi connectivity index (χ1n) is 5.85. The average Bonchev–Trinajstić information content (AvgIpc) is 2.92. The third-order valence-electron chi connectivity index (χ3n) is 2.93. The molecule has 94 valence electrons. The number of nitrogens with one attached hydrogen (secondary N) is 1. The molecule has 1 aliphatic rings. The van der Waals surface area contributed by atoms with Gasteiger partial charge in [0.25, 0.3) is 0 Å². The maximum atomic E-state index is 11.9. The highest BCUT2D eigenvalue weighted by Gasteiger charge is 2.19. The molecule has 18 heavy (non-hydrogen) atoms. The molecule has 1 amide bonds. The first-order valence-corrected chi connectivity index (χ1v) is 5.85. The molecule has 0 aromatic heterocycles. The van der Waals surface area contributed by atoms with Crippen molar-refractivity contribution < 1.29 is 14.3 Å². The van der Waals surface area contributed by atoms with Crippen LogP contribution < -0.4 is 5.32 Å². The van der Waals surface area contributed by atoms with Crippen LogP contribution in [0.1, 0.15) is 23.2 Å². The van der Waals surface area contributed by atoms with Gasteiger partial charge < -0.3 is 10.1 Å². The predicted molar refractivity (Wildman–Crippen MR) is 68.3 cm³/mol. The number of allylic oxidation sites excluding steroid dienone is 2. The Hall–Kier alpha value is -2.10. The number of rotatable bonds is 3. The normalized spacial score (nSPS) is 14.5. The van der Waals surface area contributed by atoms with Gasteiger partial charge in [-0.2, -0.15) is 0 Å². The zero-order valence-electron chi connectivity index (χ0n) is 10.2. The number of benzene rings is 1. The van der Waals surface area contributed by atoms with Crippen LogP contribution in [0.4, 0.5) is 5.69 Å². The predicted octanol–water partition coefficient (Wildman–Crippen LogP) is 2.38. The smallest absolute Gasteiger partial charge is 0.337 e. The quantitative estimate of drug-likeness (QED) is 0.657. The standard InChI is InChI=1S/C14H15NO3/c1-18-14(17)11-7-4-8-12(9-11)15-13(16)10-5-2-3-6-10/h2-4,7-10H,5-6H2,1H3,(H,15,16). The van der Waals surface area contributed by atoms with Crippen LogP contribution in [0.15, 0.2) is 36.4 Å². The van der Waals surface area contributed by atoms with Crippen molar-refractivity contribution in [1.29, 1.82) is 0 Å². The Balaban J connectivity index is 2.05. The molecular formula is C14H15NO3.